The number of aliphatic hydroxyl groups is 3. The zero-order valence-corrected chi connectivity index (χ0v) is 31.9. The Morgan fingerprint density at radius 2 is 1.12 bits per heavy atom. The highest BCUT2D eigenvalue weighted by Crippen LogP contribution is 2.53. The van der Waals surface area contributed by atoms with Gasteiger partial charge in [-0.3, -0.25) is 24.0 Å². The first-order valence-electron chi connectivity index (χ1n) is 18.1. The quantitative estimate of drug-likeness (QED) is 0.120. The van der Waals surface area contributed by atoms with Crippen LogP contribution in [0, 0.1) is 0 Å². The molecule has 2 heterocycles. The van der Waals surface area contributed by atoms with Crippen LogP contribution in [0.5, 0.6) is 0 Å². The Bertz CT molecular complexity index is 1760. The van der Waals surface area contributed by atoms with Gasteiger partial charge < -0.3 is 53.2 Å². The molecule has 306 valence electrons. The van der Waals surface area contributed by atoms with Crippen LogP contribution in [-0.4, -0.2) is 119 Å². The SMILES string of the molecule is CC(=O)OC[C@H]1O[C@](O[C@H]2O[C@H](CO)[C@@H](O)[C@H](O)[C@H]2OC(C)=O)(C(OC(C)=O)C(c2ccccc2)(c2ccccc2)c2ccccc2)[C@@H](OC(C)=O)[C@@H]1OC(C)=O. The number of benzene rings is 3. The second-order valence-electron chi connectivity index (χ2n) is 13.6. The van der Waals surface area contributed by atoms with E-state index in [-0.39, 0.29) is 0 Å². The normalized spacial score (nSPS) is 27.7. The molecule has 16 heteroatoms. The van der Waals surface area contributed by atoms with Crippen LogP contribution in [0.4, 0.5) is 0 Å². The molecule has 2 aliphatic rings. The maximum Gasteiger partial charge on any atom is 0.303 e. The molecule has 0 radical (unpaired) electrons. The first kappa shape index (κ1) is 42.9. The first-order chi connectivity index (χ1) is 27.1. The average Bonchev–Trinajstić information content (AvgIpc) is 3.45. The lowest BCUT2D eigenvalue weighted by Gasteiger charge is -2.52. The molecule has 57 heavy (non-hydrogen) atoms. The maximum absolute atomic E-state index is 13.7. The van der Waals surface area contributed by atoms with Crippen molar-refractivity contribution in [1.29, 1.82) is 0 Å². The minimum atomic E-state index is -2.76. The van der Waals surface area contributed by atoms with E-state index in [1.165, 1.54) is 0 Å². The summed E-state index contributed by atoms with van der Waals surface area (Å²) in [5, 5.41) is 32.5. The van der Waals surface area contributed by atoms with Crippen molar-refractivity contribution in [2.75, 3.05) is 13.2 Å². The Balaban J connectivity index is 1.96. The highest BCUT2D eigenvalue weighted by atomic mass is 16.8. The number of aliphatic hydroxyl groups excluding tert-OH is 3. The summed E-state index contributed by atoms with van der Waals surface area (Å²) in [6.45, 7) is 3.89. The molecule has 2 fully saturated rings. The van der Waals surface area contributed by atoms with Crippen LogP contribution in [0.25, 0.3) is 0 Å². The number of carbonyl (C=O) groups excluding carboxylic acids is 5. The van der Waals surface area contributed by atoms with Crippen LogP contribution in [0.2, 0.25) is 0 Å². The second kappa shape index (κ2) is 18.4. The van der Waals surface area contributed by atoms with Crippen LogP contribution in [0.3, 0.4) is 0 Å². The molecule has 0 saturated carbocycles. The summed E-state index contributed by atoms with van der Waals surface area (Å²) in [6.07, 6.45) is -16.2. The fraction of sp³-hybridized carbons (Fsp3) is 0.439. The van der Waals surface area contributed by atoms with Gasteiger partial charge in [0.15, 0.2) is 24.4 Å². The van der Waals surface area contributed by atoms with Crippen LogP contribution < -0.4 is 0 Å². The monoisotopic (exact) mass is 794 g/mol. The van der Waals surface area contributed by atoms with Gasteiger partial charge >= 0.3 is 29.8 Å². The molecule has 3 aromatic carbocycles. The van der Waals surface area contributed by atoms with Gasteiger partial charge in [0.1, 0.15) is 31.0 Å². The molecular weight excluding hydrogens is 748 g/mol. The molecule has 2 aliphatic heterocycles. The molecule has 0 spiro atoms. The van der Waals surface area contributed by atoms with E-state index in [4.69, 9.17) is 37.9 Å². The summed E-state index contributed by atoms with van der Waals surface area (Å²) < 4.78 is 48.5. The Morgan fingerprint density at radius 1 is 0.649 bits per heavy atom. The summed E-state index contributed by atoms with van der Waals surface area (Å²) in [6, 6.07) is 26.2. The van der Waals surface area contributed by atoms with Crippen LogP contribution in [0.1, 0.15) is 51.3 Å². The lowest BCUT2D eigenvalue weighted by molar-refractivity contribution is -0.399. The lowest BCUT2D eigenvalue weighted by Crippen LogP contribution is -2.69. The van der Waals surface area contributed by atoms with Gasteiger partial charge in [0.25, 0.3) is 5.79 Å². The number of esters is 5. The van der Waals surface area contributed by atoms with Gasteiger partial charge in [-0.2, -0.15) is 0 Å². The minimum absolute atomic E-state index is 0.471. The van der Waals surface area contributed by atoms with Gasteiger partial charge in [-0.05, 0) is 16.7 Å². The predicted molar refractivity (Wildman–Crippen MR) is 195 cm³/mol. The lowest BCUT2D eigenvalue weighted by atomic mass is 9.63. The Kier molecular flexibility index (Phi) is 13.8. The molecule has 0 bridgehead atoms. The molecule has 0 amide bonds. The summed E-state index contributed by atoms with van der Waals surface area (Å²) >= 11 is 0. The van der Waals surface area contributed by atoms with E-state index in [1.54, 1.807) is 91.0 Å². The van der Waals surface area contributed by atoms with E-state index in [2.05, 4.69) is 0 Å². The van der Waals surface area contributed by atoms with E-state index >= 15 is 0 Å². The topological polar surface area (TPSA) is 220 Å². The number of rotatable bonds is 14. The van der Waals surface area contributed by atoms with Gasteiger partial charge in [0, 0.05) is 34.6 Å². The molecule has 5 rings (SSSR count). The van der Waals surface area contributed by atoms with Crippen molar-refractivity contribution < 1.29 is 77.2 Å². The number of ether oxygens (including phenoxy) is 8. The summed E-state index contributed by atoms with van der Waals surface area (Å²) in [5.41, 5.74) is -0.317. The third-order valence-electron chi connectivity index (χ3n) is 9.60. The fourth-order valence-corrected chi connectivity index (χ4v) is 7.49. The van der Waals surface area contributed by atoms with E-state index in [0.717, 1.165) is 34.6 Å². The summed E-state index contributed by atoms with van der Waals surface area (Å²) in [7, 11) is 0. The van der Waals surface area contributed by atoms with Crippen molar-refractivity contribution in [2.45, 2.75) is 101 Å². The van der Waals surface area contributed by atoms with Gasteiger partial charge in [0.05, 0.1) is 12.0 Å². The summed E-state index contributed by atoms with van der Waals surface area (Å²) in [5.74, 6) is -7.22. The van der Waals surface area contributed by atoms with Crippen molar-refractivity contribution >= 4 is 29.8 Å². The first-order valence-corrected chi connectivity index (χ1v) is 18.1. The third-order valence-corrected chi connectivity index (χ3v) is 9.60. The smallest absolute Gasteiger partial charge is 0.303 e. The van der Waals surface area contributed by atoms with Gasteiger partial charge in [0.2, 0.25) is 6.29 Å². The van der Waals surface area contributed by atoms with Crippen molar-refractivity contribution in [1.82, 2.24) is 0 Å². The zero-order valence-electron chi connectivity index (χ0n) is 31.9. The molecule has 10 atom stereocenters. The Hall–Kier alpha value is -5.23. The Labute approximate surface area is 328 Å². The maximum atomic E-state index is 13.7. The van der Waals surface area contributed by atoms with Gasteiger partial charge in [-0.1, -0.05) is 91.0 Å². The van der Waals surface area contributed by atoms with E-state index in [9.17, 15) is 39.3 Å². The Morgan fingerprint density at radius 3 is 1.54 bits per heavy atom. The molecule has 16 nitrogen and oxygen atoms in total. The zero-order chi connectivity index (χ0) is 41.5. The number of carbonyl (C=O) groups is 5. The van der Waals surface area contributed by atoms with Crippen molar-refractivity contribution in [3.63, 3.8) is 0 Å². The highest BCUT2D eigenvalue weighted by Gasteiger charge is 2.72. The minimum Gasteiger partial charge on any atom is -0.463 e. The molecule has 3 aromatic rings. The van der Waals surface area contributed by atoms with Crippen LogP contribution >= 0.6 is 0 Å². The fourth-order valence-electron chi connectivity index (χ4n) is 7.49. The van der Waals surface area contributed by atoms with Gasteiger partial charge in [-0.25, -0.2) is 0 Å². The van der Waals surface area contributed by atoms with E-state index < -0.39 is 109 Å². The second-order valence-corrected chi connectivity index (χ2v) is 13.6. The average molecular weight is 795 g/mol. The number of hydrogen-bond donors (Lipinski definition) is 3. The third kappa shape index (κ3) is 9.01. The predicted octanol–water partition coefficient (Wildman–Crippen LogP) is 1.86. The molecule has 3 N–H and O–H groups in total. The van der Waals surface area contributed by atoms with Crippen molar-refractivity contribution in [2.24, 2.45) is 0 Å². The standard InChI is InChI=1S/C41H46O16/c1-23(43)50-22-32-35(51-24(2)44)37(53-26(4)46)41(56-32,57-38-36(52-25(3)45)34(49)33(48)31(21-42)55-38)39(54-27(5)47)40(28-15-9-6-10-16-28,29-17-11-7-12-18-29)30-19-13-8-14-20-30/h6-20,31-39,42,48-49H,21-22H2,1-5H3/t31-,32-,33-,34+,35-,36-,37+,38-,39?,41-/m1/s1. The van der Waals surface area contributed by atoms with Crippen LogP contribution in [0.15, 0.2) is 91.0 Å². The molecule has 0 aliphatic carbocycles. The van der Waals surface area contributed by atoms with Crippen molar-refractivity contribution in [3.05, 3.63) is 108 Å². The largest absolute Gasteiger partial charge is 0.463 e. The van der Waals surface area contributed by atoms with Gasteiger partial charge in [-0.15, -0.1) is 0 Å². The molecule has 0 aromatic heterocycles. The summed E-state index contributed by atoms with van der Waals surface area (Å²) in [4.78, 5) is 64.5. The van der Waals surface area contributed by atoms with E-state index in [0.29, 0.717) is 16.7 Å². The van der Waals surface area contributed by atoms with E-state index in [1.807, 2.05) is 0 Å². The number of hydrogen-bond acceptors (Lipinski definition) is 16. The highest BCUT2D eigenvalue weighted by molar-refractivity contribution is 5.69. The molecular formula is C41H46O16. The molecule has 1 unspecified atom stereocenters. The van der Waals surface area contributed by atoms with Crippen molar-refractivity contribution in [3.8, 4) is 0 Å². The van der Waals surface area contributed by atoms with Crippen LogP contribution in [-0.2, 0) is 67.3 Å². The molecule has 2 saturated heterocycles.